The van der Waals surface area contributed by atoms with Gasteiger partial charge in [0.25, 0.3) is 5.91 Å². The Kier molecular flexibility index (Phi) is 5.45. The first-order valence-electron chi connectivity index (χ1n) is 6.98. The number of amides is 1. The van der Waals surface area contributed by atoms with Gasteiger partial charge in [-0.1, -0.05) is 17.7 Å². The van der Waals surface area contributed by atoms with E-state index in [9.17, 15) is 4.79 Å². The lowest BCUT2D eigenvalue weighted by Gasteiger charge is -2.33. The molecule has 1 aromatic carbocycles. The molecule has 0 saturated carbocycles. The van der Waals surface area contributed by atoms with Gasteiger partial charge in [0.1, 0.15) is 0 Å². The van der Waals surface area contributed by atoms with E-state index in [0.29, 0.717) is 17.3 Å². The van der Waals surface area contributed by atoms with Crippen LogP contribution in [0.3, 0.4) is 0 Å². The van der Waals surface area contributed by atoms with E-state index in [2.05, 4.69) is 10.4 Å². The van der Waals surface area contributed by atoms with Crippen molar-refractivity contribution in [3.63, 3.8) is 0 Å². The number of halogens is 2. The van der Waals surface area contributed by atoms with Gasteiger partial charge >= 0.3 is 0 Å². The molecule has 0 spiro atoms. The molecule has 5 nitrogen and oxygen atoms in total. The van der Waals surface area contributed by atoms with Crippen LogP contribution < -0.4 is 5.32 Å². The van der Waals surface area contributed by atoms with Crippen molar-refractivity contribution in [2.75, 3.05) is 19.6 Å². The summed E-state index contributed by atoms with van der Waals surface area (Å²) in [7, 11) is 0. The molecule has 1 amide bonds. The predicted octanol–water partition coefficient (Wildman–Crippen LogP) is 2.38. The van der Waals surface area contributed by atoms with Crippen LogP contribution in [0.1, 0.15) is 17.4 Å². The van der Waals surface area contributed by atoms with Gasteiger partial charge in [0.05, 0.1) is 5.69 Å². The molecule has 1 aliphatic rings. The van der Waals surface area contributed by atoms with Crippen molar-refractivity contribution in [3.8, 4) is 5.69 Å². The molecule has 0 radical (unpaired) electrons. The molecule has 3 rings (SSSR count). The van der Waals surface area contributed by atoms with Crippen molar-refractivity contribution >= 4 is 29.9 Å². The highest BCUT2D eigenvalue weighted by Crippen LogP contribution is 2.15. The molecule has 0 unspecified atom stereocenters. The highest BCUT2D eigenvalue weighted by Gasteiger charge is 2.25. The van der Waals surface area contributed by atoms with Crippen molar-refractivity contribution in [3.05, 3.63) is 47.2 Å². The maximum absolute atomic E-state index is 12.5. The Morgan fingerprint density at radius 2 is 2.23 bits per heavy atom. The molecule has 1 aliphatic heterocycles. The number of aromatic nitrogens is 2. The number of carbonyl (C=O) groups is 1. The minimum absolute atomic E-state index is 0. The van der Waals surface area contributed by atoms with Gasteiger partial charge in [-0.25, -0.2) is 4.68 Å². The average Bonchev–Trinajstić information content (AvgIpc) is 2.97. The standard InChI is InChI=1S/C15H17ClN4O.ClH/c1-11-10-17-6-8-19(11)15(21)14-5-7-20(18-14)13-4-2-3-12(16)9-13;/h2-5,7,9,11,17H,6,8,10H2,1H3;1H/t11-;/m0./s1. The minimum atomic E-state index is -0.0234. The maximum atomic E-state index is 12.5. The van der Waals surface area contributed by atoms with E-state index in [4.69, 9.17) is 11.6 Å². The van der Waals surface area contributed by atoms with Gasteiger partial charge in [-0.3, -0.25) is 4.79 Å². The molecule has 118 valence electrons. The Balaban J connectivity index is 0.00000176. The number of piperazine rings is 1. The highest BCUT2D eigenvalue weighted by atomic mass is 35.5. The normalized spacial score (nSPS) is 17.9. The molecule has 2 aromatic rings. The topological polar surface area (TPSA) is 50.2 Å². The first kappa shape index (κ1) is 16.8. The number of carbonyl (C=O) groups excluding carboxylic acids is 1. The van der Waals surface area contributed by atoms with E-state index in [1.165, 1.54) is 0 Å². The molecule has 0 bridgehead atoms. The van der Waals surface area contributed by atoms with Crippen molar-refractivity contribution in [2.45, 2.75) is 13.0 Å². The van der Waals surface area contributed by atoms with Gasteiger partial charge in [0.15, 0.2) is 5.69 Å². The average molecular weight is 341 g/mol. The maximum Gasteiger partial charge on any atom is 0.274 e. The van der Waals surface area contributed by atoms with Gasteiger partial charge < -0.3 is 10.2 Å². The van der Waals surface area contributed by atoms with Gasteiger partial charge in [-0.05, 0) is 31.2 Å². The predicted molar refractivity (Wildman–Crippen MR) is 89.2 cm³/mol. The van der Waals surface area contributed by atoms with Crippen LogP contribution in [0.5, 0.6) is 0 Å². The van der Waals surface area contributed by atoms with E-state index in [1.54, 1.807) is 16.9 Å². The van der Waals surface area contributed by atoms with Gasteiger partial charge in [-0.2, -0.15) is 5.10 Å². The van der Waals surface area contributed by atoms with E-state index < -0.39 is 0 Å². The fourth-order valence-electron chi connectivity index (χ4n) is 2.49. The van der Waals surface area contributed by atoms with Crippen molar-refractivity contribution in [1.82, 2.24) is 20.0 Å². The summed E-state index contributed by atoms with van der Waals surface area (Å²) < 4.78 is 1.67. The SMILES string of the molecule is C[C@H]1CNCCN1C(=O)c1ccn(-c2cccc(Cl)c2)n1.Cl. The first-order chi connectivity index (χ1) is 10.1. The third-order valence-electron chi connectivity index (χ3n) is 3.64. The number of hydrogen-bond donors (Lipinski definition) is 1. The number of rotatable bonds is 2. The quantitative estimate of drug-likeness (QED) is 0.913. The Morgan fingerprint density at radius 1 is 1.41 bits per heavy atom. The lowest BCUT2D eigenvalue weighted by molar-refractivity contribution is 0.0649. The number of hydrogen-bond acceptors (Lipinski definition) is 3. The largest absolute Gasteiger partial charge is 0.332 e. The molecular weight excluding hydrogens is 323 g/mol. The van der Waals surface area contributed by atoms with E-state index in [0.717, 1.165) is 18.8 Å². The van der Waals surface area contributed by atoms with Crippen molar-refractivity contribution < 1.29 is 4.79 Å². The van der Waals surface area contributed by atoms with Crippen molar-refractivity contribution in [1.29, 1.82) is 0 Å². The van der Waals surface area contributed by atoms with Crippen molar-refractivity contribution in [2.24, 2.45) is 0 Å². The third-order valence-corrected chi connectivity index (χ3v) is 3.88. The van der Waals surface area contributed by atoms with E-state index >= 15 is 0 Å². The monoisotopic (exact) mass is 340 g/mol. The summed E-state index contributed by atoms with van der Waals surface area (Å²) in [6.45, 7) is 4.40. The summed E-state index contributed by atoms with van der Waals surface area (Å²) >= 11 is 5.98. The zero-order valence-corrected chi connectivity index (χ0v) is 13.8. The Bertz CT molecular complexity index is 658. The molecule has 1 atom stereocenters. The van der Waals surface area contributed by atoms with Gasteiger partial charge in [0, 0.05) is 36.9 Å². The molecule has 1 fully saturated rings. The lowest BCUT2D eigenvalue weighted by Crippen LogP contribution is -2.52. The Morgan fingerprint density at radius 3 is 2.95 bits per heavy atom. The van der Waals surface area contributed by atoms with Crippen LogP contribution in [0.25, 0.3) is 5.69 Å². The highest BCUT2D eigenvalue weighted by molar-refractivity contribution is 6.30. The minimum Gasteiger partial charge on any atom is -0.332 e. The lowest BCUT2D eigenvalue weighted by atomic mass is 10.2. The number of benzene rings is 1. The van der Waals surface area contributed by atoms with E-state index in [-0.39, 0.29) is 24.4 Å². The van der Waals surface area contributed by atoms with Crippen LogP contribution in [0, 0.1) is 0 Å². The molecule has 1 N–H and O–H groups in total. The number of nitrogens with zero attached hydrogens (tertiary/aromatic N) is 3. The van der Waals surface area contributed by atoms with Crippen LogP contribution in [-0.2, 0) is 0 Å². The number of nitrogens with one attached hydrogen (secondary N) is 1. The Hall–Kier alpha value is -1.56. The van der Waals surface area contributed by atoms with Crippen LogP contribution in [-0.4, -0.2) is 46.3 Å². The summed E-state index contributed by atoms with van der Waals surface area (Å²) in [6, 6.07) is 9.32. The second kappa shape index (κ2) is 7.13. The molecule has 1 aromatic heterocycles. The zero-order chi connectivity index (χ0) is 14.8. The summed E-state index contributed by atoms with van der Waals surface area (Å²) in [5.41, 5.74) is 1.30. The summed E-state index contributed by atoms with van der Waals surface area (Å²) in [4.78, 5) is 14.4. The van der Waals surface area contributed by atoms with Gasteiger partial charge in [0.2, 0.25) is 0 Å². The third kappa shape index (κ3) is 3.43. The second-order valence-electron chi connectivity index (χ2n) is 5.18. The van der Waals surface area contributed by atoms with E-state index in [1.807, 2.05) is 36.1 Å². The molecule has 0 aliphatic carbocycles. The van der Waals surface area contributed by atoms with Gasteiger partial charge in [-0.15, -0.1) is 12.4 Å². The molecular formula is C15H18Cl2N4O. The fourth-order valence-corrected chi connectivity index (χ4v) is 2.67. The van der Waals surface area contributed by atoms with Crippen LogP contribution in [0.4, 0.5) is 0 Å². The molecule has 1 saturated heterocycles. The zero-order valence-electron chi connectivity index (χ0n) is 12.2. The Labute approximate surface area is 140 Å². The second-order valence-corrected chi connectivity index (χ2v) is 5.61. The fraction of sp³-hybridized carbons (Fsp3) is 0.333. The summed E-state index contributed by atoms with van der Waals surface area (Å²) in [6.07, 6.45) is 1.78. The molecule has 7 heteroatoms. The van der Waals surface area contributed by atoms with Crippen LogP contribution >= 0.6 is 24.0 Å². The molecule has 2 heterocycles. The van der Waals surface area contributed by atoms with Crippen LogP contribution in [0.15, 0.2) is 36.5 Å². The summed E-state index contributed by atoms with van der Waals surface area (Å²) in [5, 5.41) is 8.30. The first-order valence-corrected chi connectivity index (χ1v) is 7.36. The summed E-state index contributed by atoms with van der Waals surface area (Å²) in [5.74, 6) is -0.0234. The van der Waals surface area contributed by atoms with Crippen LogP contribution in [0.2, 0.25) is 5.02 Å². The molecule has 22 heavy (non-hydrogen) atoms. The smallest absolute Gasteiger partial charge is 0.274 e.